The minimum Gasteiger partial charge on any atom is -0.386 e. The first-order valence-electron chi connectivity index (χ1n) is 4.86. The van der Waals surface area contributed by atoms with E-state index in [2.05, 4.69) is 0 Å². The van der Waals surface area contributed by atoms with Crippen LogP contribution >= 0.6 is 0 Å². The third kappa shape index (κ3) is 3.72. The summed E-state index contributed by atoms with van der Waals surface area (Å²) in [6, 6.07) is 6.16. The number of hydrogen-bond donors (Lipinski definition) is 2. The lowest BCUT2D eigenvalue weighted by atomic mass is 10.2. The van der Waals surface area contributed by atoms with Crippen molar-refractivity contribution in [3.8, 4) is 0 Å². The zero-order chi connectivity index (χ0) is 13.1. The van der Waals surface area contributed by atoms with Gasteiger partial charge in [0.25, 0.3) is 6.43 Å². The summed E-state index contributed by atoms with van der Waals surface area (Å²) in [4.78, 5) is 0.0152. The number of halogens is 2. The van der Waals surface area contributed by atoms with E-state index in [4.69, 9.17) is 5.11 Å². The van der Waals surface area contributed by atoms with Gasteiger partial charge in [0.05, 0.1) is 4.90 Å². The Morgan fingerprint density at radius 3 is 2.47 bits per heavy atom. The van der Waals surface area contributed by atoms with Crippen molar-refractivity contribution in [2.45, 2.75) is 24.3 Å². The van der Waals surface area contributed by atoms with Crippen LogP contribution in [-0.4, -0.2) is 32.6 Å². The van der Waals surface area contributed by atoms with E-state index in [1.807, 2.05) is 4.72 Å². The molecule has 0 saturated heterocycles. The second kappa shape index (κ2) is 5.52. The van der Waals surface area contributed by atoms with Crippen molar-refractivity contribution in [3.05, 3.63) is 29.8 Å². The van der Waals surface area contributed by atoms with Crippen LogP contribution in [0.2, 0.25) is 0 Å². The maximum atomic E-state index is 12.0. The quantitative estimate of drug-likeness (QED) is 0.831. The topological polar surface area (TPSA) is 66.4 Å². The number of aryl methyl sites for hydroxylation is 1. The number of alkyl halides is 2. The van der Waals surface area contributed by atoms with Gasteiger partial charge >= 0.3 is 0 Å². The molecule has 17 heavy (non-hydrogen) atoms. The highest BCUT2D eigenvalue weighted by molar-refractivity contribution is 7.89. The number of benzene rings is 1. The first-order chi connectivity index (χ1) is 7.84. The van der Waals surface area contributed by atoms with Crippen molar-refractivity contribution in [1.82, 2.24) is 4.72 Å². The van der Waals surface area contributed by atoms with Crippen LogP contribution in [0.25, 0.3) is 0 Å². The number of rotatable bonds is 5. The molecule has 0 spiro atoms. The molecule has 0 aliphatic rings. The number of nitrogens with one attached hydrogen (secondary N) is 1. The number of sulfonamides is 1. The first-order valence-corrected chi connectivity index (χ1v) is 6.34. The number of aliphatic hydroxyl groups excluding tert-OH is 1. The Morgan fingerprint density at radius 2 is 1.94 bits per heavy atom. The average Bonchev–Trinajstić information content (AvgIpc) is 2.26. The Morgan fingerprint density at radius 1 is 1.35 bits per heavy atom. The third-order valence-corrected chi connectivity index (χ3v) is 3.74. The summed E-state index contributed by atoms with van der Waals surface area (Å²) in [5.41, 5.74) is 0.506. The van der Waals surface area contributed by atoms with Gasteiger partial charge in [0.15, 0.2) is 0 Å². The summed E-state index contributed by atoms with van der Waals surface area (Å²) < 4.78 is 49.4. The van der Waals surface area contributed by atoms with Gasteiger partial charge in [-0.1, -0.05) is 18.2 Å². The largest absolute Gasteiger partial charge is 0.386 e. The Balaban J connectivity index is 2.80. The van der Waals surface area contributed by atoms with Gasteiger partial charge in [-0.2, -0.15) is 0 Å². The molecule has 1 aromatic rings. The smallest absolute Gasteiger partial charge is 0.265 e. The molecule has 2 N–H and O–H groups in total. The molecule has 0 aliphatic carbocycles. The van der Waals surface area contributed by atoms with Crippen molar-refractivity contribution < 1.29 is 22.3 Å². The Hall–Kier alpha value is -1.05. The molecule has 1 unspecified atom stereocenters. The molecule has 96 valence electrons. The van der Waals surface area contributed by atoms with Gasteiger partial charge < -0.3 is 5.11 Å². The predicted molar refractivity (Wildman–Crippen MR) is 58.4 cm³/mol. The SMILES string of the molecule is Cc1ccccc1S(=O)(=O)NCC(O)C(F)F. The van der Waals surface area contributed by atoms with E-state index in [1.54, 1.807) is 19.1 Å². The summed E-state index contributed by atoms with van der Waals surface area (Å²) in [6.07, 6.45) is -4.98. The van der Waals surface area contributed by atoms with Crippen LogP contribution in [0.5, 0.6) is 0 Å². The summed E-state index contributed by atoms with van der Waals surface area (Å²) in [6.45, 7) is 0.881. The van der Waals surface area contributed by atoms with E-state index < -0.39 is 29.1 Å². The Labute approximate surface area is 98.3 Å². The molecule has 0 fully saturated rings. The van der Waals surface area contributed by atoms with Gasteiger partial charge in [0.1, 0.15) is 6.10 Å². The third-order valence-electron chi connectivity index (χ3n) is 2.16. The fourth-order valence-corrected chi connectivity index (χ4v) is 2.52. The summed E-state index contributed by atoms with van der Waals surface area (Å²) in [7, 11) is -3.86. The molecule has 0 aliphatic heterocycles. The van der Waals surface area contributed by atoms with Crippen LogP contribution in [0, 0.1) is 6.92 Å². The fourth-order valence-electron chi connectivity index (χ4n) is 1.22. The van der Waals surface area contributed by atoms with Crippen LogP contribution in [0.15, 0.2) is 29.2 Å². The van der Waals surface area contributed by atoms with Gasteiger partial charge in [0.2, 0.25) is 10.0 Å². The van der Waals surface area contributed by atoms with Crippen molar-refractivity contribution >= 4 is 10.0 Å². The van der Waals surface area contributed by atoms with Crippen molar-refractivity contribution in [2.75, 3.05) is 6.54 Å². The first kappa shape index (κ1) is 14.0. The average molecular weight is 265 g/mol. The highest BCUT2D eigenvalue weighted by atomic mass is 32.2. The highest BCUT2D eigenvalue weighted by Gasteiger charge is 2.21. The lowest BCUT2D eigenvalue weighted by molar-refractivity contribution is -0.000452. The standard InChI is InChI=1S/C10H13F2NO3S/c1-7-4-2-3-5-9(7)17(15,16)13-6-8(14)10(11)12/h2-5,8,10,13-14H,6H2,1H3. The van der Waals surface area contributed by atoms with Crippen molar-refractivity contribution in [3.63, 3.8) is 0 Å². The van der Waals surface area contributed by atoms with E-state index >= 15 is 0 Å². The molecule has 0 heterocycles. The lowest BCUT2D eigenvalue weighted by Gasteiger charge is -2.12. The minimum absolute atomic E-state index is 0.0152. The van der Waals surface area contributed by atoms with Crippen LogP contribution in [0.1, 0.15) is 5.56 Å². The predicted octanol–water partition coefficient (Wildman–Crippen LogP) is 0.899. The second-order valence-corrected chi connectivity index (χ2v) is 5.25. The maximum absolute atomic E-state index is 12.0. The molecular formula is C10H13F2NO3S. The summed E-state index contributed by atoms with van der Waals surface area (Å²) in [5, 5.41) is 8.83. The van der Waals surface area contributed by atoms with Gasteiger partial charge in [0, 0.05) is 6.54 Å². The van der Waals surface area contributed by atoms with Gasteiger partial charge in [-0.3, -0.25) is 0 Å². The van der Waals surface area contributed by atoms with E-state index in [-0.39, 0.29) is 4.90 Å². The van der Waals surface area contributed by atoms with Crippen LogP contribution in [-0.2, 0) is 10.0 Å². The summed E-state index contributed by atoms with van der Waals surface area (Å²) in [5.74, 6) is 0. The monoisotopic (exact) mass is 265 g/mol. The van der Waals surface area contributed by atoms with Gasteiger partial charge in [-0.15, -0.1) is 0 Å². The molecule has 0 aromatic heterocycles. The molecule has 7 heteroatoms. The number of aliphatic hydroxyl groups is 1. The fraction of sp³-hybridized carbons (Fsp3) is 0.400. The Bertz CT molecular complexity index is 476. The molecule has 1 aromatic carbocycles. The maximum Gasteiger partial charge on any atom is 0.265 e. The van der Waals surface area contributed by atoms with Crippen LogP contribution in [0.4, 0.5) is 8.78 Å². The molecule has 0 amide bonds. The van der Waals surface area contributed by atoms with E-state index in [0.717, 1.165) is 0 Å². The molecule has 0 radical (unpaired) electrons. The molecule has 1 atom stereocenters. The van der Waals surface area contributed by atoms with E-state index in [0.29, 0.717) is 5.56 Å². The van der Waals surface area contributed by atoms with Crippen molar-refractivity contribution in [1.29, 1.82) is 0 Å². The zero-order valence-corrected chi connectivity index (χ0v) is 9.92. The zero-order valence-electron chi connectivity index (χ0n) is 9.10. The molecule has 1 rings (SSSR count). The van der Waals surface area contributed by atoms with Gasteiger partial charge in [-0.05, 0) is 18.6 Å². The lowest BCUT2D eigenvalue weighted by Crippen LogP contribution is -2.36. The number of hydrogen-bond acceptors (Lipinski definition) is 3. The molecule has 0 bridgehead atoms. The second-order valence-electron chi connectivity index (χ2n) is 3.52. The Kier molecular flexibility index (Phi) is 4.55. The van der Waals surface area contributed by atoms with Crippen LogP contribution < -0.4 is 4.72 Å². The van der Waals surface area contributed by atoms with E-state index in [9.17, 15) is 17.2 Å². The van der Waals surface area contributed by atoms with E-state index in [1.165, 1.54) is 12.1 Å². The molecular weight excluding hydrogens is 252 g/mol. The van der Waals surface area contributed by atoms with Gasteiger partial charge in [-0.25, -0.2) is 21.9 Å². The summed E-state index contributed by atoms with van der Waals surface area (Å²) >= 11 is 0. The highest BCUT2D eigenvalue weighted by Crippen LogP contribution is 2.13. The van der Waals surface area contributed by atoms with Crippen LogP contribution in [0.3, 0.4) is 0 Å². The minimum atomic E-state index is -3.86. The molecule has 0 saturated carbocycles. The normalized spacial score (nSPS) is 13.9. The molecule has 4 nitrogen and oxygen atoms in total. The van der Waals surface area contributed by atoms with Crippen molar-refractivity contribution in [2.24, 2.45) is 0 Å².